The van der Waals surface area contributed by atoms with E-state index in [9.17, 15) is 4.79 Å². The first-order valence-electron chi connectivity index (χ1n) is 11.9. The third-order valence-electron chi connectivity index (χ3n) is 5.91. The van der Waals surface area contributed by atoms with Gasteiger partial charge in [0.2, 0.25) is 0 Å². The molecule has 5 nitrogen and oxygen atoms in total. The summed E-state index contributed by atoms with van der Waals surface area (Å²) in [5.74, 6) is 0. The van der Waals surface area contributed by atoms with Gasteiger partial charge in [0.05, 0.1) is 26.8 Å². The van der Waals surface area contributed by atoms with E-state index in [-0.39, 0.29) is 5.56 Å². The first-order chi connectivity index (χ1) is 18.7. The highest BCUT2D eigenvalue weighted by atomic mass is 35.5. The largest absolute Gasteiger partial charge is 0.290 e. The Kier molecular flexibility index (Phi) is 6.88. The molecule has 0 aliphatic carbocycles. The highest BCUT2D eigenvalue weighted by molar-refractivity contribution is 8.06. The average Bonchev–Trinajstić information content (AvgIpc) is 3.70. The predicted octanol–water partition coefficient (Wildman–Crippen LogP) is 6.09. The van der Waals surface area contributed by atoms with Crippen LogP contribution in [0.5, 0.6) is 0 Å². The molecule has 3 aromatic heterocycles. The number of rotatable bonds is 6. The average molecular weight is 553 g/mol. The van der Waals surface area contributed by atoms with Crippen molar-refractivity contribution in [2.24, 2.45) is 0 Å². The fourth-order valence-electron chi connectivity index (χ4n) is 4.06. The van der Waals surface area contributed by atoms with Crippen molar-refractivity contribution >= 4 is 46.2 Å². The molecule has 0 amide bonds. The molecule has 0 radical (unpaired) electrons. The van der Waals surface area contributed by atoms with Crippen LogP contribution in [-0.2, 0) is 0 Å². The lowest BCUT2D eigenvalue weighted by Gasteiger charge is -1.99. The van der Waals surface area contributed by atoms with E-state index >= 15 is 0 Å². The molecule has 3 heterocycles. The number of thiophene rings is 1. The molecule has 6 aromatic rings. The van der Waals surface area contributed by atoms with E-state index in [0.717, 1.165) is 32.4 Å². The van der Waals surface area contributed by atoms with Crippen molar-refractivity contribution in [3.05, 3.63) is 140 Å². The molecule has 0 saturated heterocycles. The maximum absolute atomic E-state index is 13.8. The number of aromatic amines is 1. The Morgan fingerprint density at radius 1 is 0.868 bits per heavy atom. The van der Waals surface area contributed by atoms with Gasteiger partial charge in [-0.05, 0) is 66.1 Å². The fraction of sp³-hybridized carbons (Fsp3) is 0. The molecule has 0 fully saturated rings. The van der Waals surface area contributed by atoms with Crippen LogP contribution in [-0.4, -0.2) is 19.6 Å². The van der Waals surface area contributed by atoms with Crippen LogP contribution in [0.1, 0.15) is 5.56 Å². The Hall–Kier alpha value is -4.04. The summed E-state index contributed by atoms with van der Waals surface area (Å²) < 4.78 is 3.43. The molecular weight excluding hydrogens is 532 g/mol. The summed E-state index contributed by atoms with van der Waals surface area (Å²) in [5.41, 5.74) is 3.27. The molecule has 1 N–H and O–H groups in total. The van der Waals surface area contributed by atoms with Crippen molar-refractivity contribution in [3.8, 4) is 21.9 Å². The smallest absolute Gasteiger partial charge is 0.279 e. The molecule has 38 heavy (non-hydrogen) atoms. The second kappa shape index (κ2) is 10.8. The number of benzene rings is 3. The topological polar surface area (TPSA) is 55.6 Å². The third-order valence-corrected chi connectivity index (χ3v) is 7.94. The summed E-state index contributed by atoms with van der Waals surface area (Å²) in [6.45, 7) is 0. The number of nitrogens with one attached hydrogen (secondary N) is 1. The van der Waals surface area contributed by atoms with Gasteiger partial charge in [-0.2, -0.15) is 5.10 Å². The number of hydrogen-bond acceptors (Lipinski definition) is 4. The van der Waals surface area contributed by atoms with E-state index in [1.807, 2.05) is 125 Å². The first kappa shape index (κ1) is 24.3. The summed E-state index contributed by atoms with van der Waals surface area (Å²) >= 11 is 9.20. The summed E-state index contributed by atoms with van der Waals surface area (Å²) in [6.07, 6.45) is 3.90. The van der Waals surface area contributed by atoms with Gasteiger partial charge < -0.3 is 0 Å². The SMILES string of the molecule is O=c1c(=C/c2cn(-c3ccccc3)nc2-c2cccs2)/c(=C/Sc2ccc(Cl)cc2)[nH]n1-c1ccccc1. The van der Waals surface area contributed by atoms with Crippen LogP contribution in [0.3, 0.4) is 0 Å². The molecule has 0 spiro atoms. The molecule has 186 valence electrons. The van der Waals surface area contributed by atoms with Crippen LogP contribution < -0.4 is 16.1 Å². The Balaban J connectivity index is 1.55. The minimum absolute atomic E-state index is 0.135. The van der Waals surface area contributed by atoms with Gasteiger partial charge >= 0.3 is 0 Å². The van der Waals surface area contributed by atoms with Gasteiger partial charge in [0.15, 0.2) is 0 Å². The molecule has 3 aromatic carbocycles. The molecule has 0 atom stereocenters. The Bertz CT molecular complexity index is 1860. The number of nitrogens with zero attached hydrogens (tertiary/aromatic N) is 3. The highest BCUT2D eigenvalue weighted by Crippen LogP contribution is 2.28. The molecule has 8 heteroatoms. The minimum Gasteiger partial charge on any atom is -0.290 e. The van der Waals surface area contributed by atoms with Crippen LogP contribution in [0.4, 0.5) is 0 Å². The summed E-state index contributed by atoms with van der Waals surface area (Å²) in [7, 11) is 0. The van der Waals surface area contributed by atoms with Gasteiger partial charge in [0, 0.05) is 27.1 Å². The van der Waals surface area contributed by atoms with Crippen LogP contribution in [0, 0.1) is 0 Å². The van der Waals surface area contributed by atoms with Gasteiger partial charge in [-0.15, -0.1) is 11.3 Å². The van der Waals surface area contributed by atoms with Crippen molar-refractivity contribution in [3.63, 3.8) is 0 Å². The number of halogens is 1. The molecule has 0 aliphatic rings. The Morgan fingerprint density at radius 3 is 2.26 bits per heavy atom. The summed E-state index contributed by atoms with van der Waals surface area (Å²) in [6, 6.07) is 31.2. The monoisotopic (exact) mass is 552 g/mol. The zero-order valence-electron chi connectivity index (χ0n) is 20.0. The van der Waals surface area contributed by atoms with E-state index in [1.54, 1.807) is 16.0 Å². The lowest BCUT2D eigenvalue weighted by Crippen LogP contribution is -2.34. The molecular formula is C30H21ClN4OS2. The second-order valence-electron chi connectivity index (χ2n) is 8.44. The molecule has 0 aliphatic heterocycles. The van der Waals surface area contributed by atoms with Crippen LogP contribution >= 0.6 is 34.7 Å². The minimum atomic E-state index is -0.135. The Labute approximate surface area is 232 Å². The van der Waals surface area contributed by atoms with Crippen LogP contribution in [0.15, 0.2) is 118 Å². The van der Waals surface area contributed by atoms with Gasteiger partial charge in [-0.1, -0.05) is 65.8 Å². The maximum Gasteiger partial charge on any atom is 0.279 e. The normalized spacial score (nSPS) is 12.3. The van der Waals surface area contributed by atoms with Crippen molar-refractivity contribution in [1.29, 1.82) is 0 Å². The van der Waals surface area contributed by atoms with E-state index in [2.05, 4.69) is 5.10 Å². The van der Waals surface area contributed by atoms with Gasteiger partial charge in [-0.3, -0.25) is 9.89 Å². The van der Waals surface area contributed by atoms with Crippen molar-refractivity contribution < 1.29 is 0 Å². The predicted molar refractivity (Wildman–Crippen MR) is 158 cm³/mol. The number of thioether (sulfide) groups is 1. The third kappa shape index (κ3) is 5.04. The highest BCUT2D eigenvalue weighted by Gasteiger charge is 2.13. The van der Waals surface area contributed by atoms with Crippen molar-refractivity contribution in [2.75, 3.05) is 0 Å². The lowest BCUT2D eigenvalue weighted by atomic mass is 10.2. The molecule has 6 rings (SSSR count). The van der Waals surface area contributed by atoms with E-state index < -0.39 is 0 Å². The standard InChI is InChI=1S/C30H21ClN4OS2/c31-22-13-15-25(16-14-22)38-20-27-26(30(36)35(32-27)24-10-5-2-6-11-24)18-21-19-34(23-8-3-1-4-9-23)33-29(21)28-12-7-17-37-28/h1-20,32H/b26-18+,27-20-. The van der Waals surface area contributed by atoms with E-state index in [1.165, 1.54) is 11.8 Å². The number of aromatic nitrogens is 4. The lowest BCUT2D eigenvalue weighted by molar-refractivity contribution is 0.838. The van der Waals surface area contributed by atoms with Crippen molar-refractivity contribution in [1.82, 2.24) is 19.6 Å². The van der Waals surface area contributed by atoms with Crippen LogP contribution in [0.2, 0.25) is 5.02 Å². The molecule has 0 bridgehead atoms. The van der Waals surface area contributed by atoms with Gasteiger partial charge in [0.25, 0.3) is 5.56 Å². The van der Waals surface area contributed by atoms with Gasteiger partial charge in [0.1, 0.15) is 5.69 Å². The Morgan fingerprint density at radius 2 is 1.58 bits per heavy atom. The van der Waals surface area contributed by atoms with E-state index in [4.69, 9.17) is 16.7 Å². The molecule has 0 unspecified atom stereocenters. The fourth-order valence-corrected chi connectivity index (χ4v) is 5.65. The summed E-state index contributed by atoms with van der Waals surface area (Å²) in [4.78, 5) is 15.8. The molecule has 0 saturated carbocycles. The zero-order chi connectivity index (χ0) is 25.9. The summed E-state index contributed by atoms with van der Waals surface area (Å²) in [5, 5.41) is 14.1. The first-order valence-corrected chi connectivity index (χ1v) is 14.0. The van der Waals surface area contributed by atoms with Gasteiger partial charge in [-0.25, -0.2) is 9.36 Å². The number of hydrogen-bond donors (Lipinski definition) is 1. The maximum atomic E-state index is 13.8. The van der Waals surface area contributed by atoms with E-state index in [0.29, 0.717) is 15.6 Å². The second-order valence-corrected chi connectivity index (χ2v) is 10.8. The van der Waals surface area contributed by atoms with Crippen molar-refractivity contribution in [2.45, 2.75) is 4.90 Å². The number of para-hydroxylation sites is 2. The van der Waals surface area contributed by atoms with Crippen LogP contribution in [0.25, 0.3) is 33.4 Å². The number of H-pyrrole nitrogens is 1. The quantitative estimate of drug-likeness (QED) is 0.254. The zero-order valence-corrected chi connectivity index (χ0v) is 22.4.